The van der Waals surface area contributed by atoms with Crippen LogP contribution in [0.3, 0.4) is 0 Å². The molecule has 0 bridgehead atoms. The molecule has 8 heteroatoms. The molecule has 1 amide bonds. The lowest BCUT2D eigenvalue weighted by Crippen LogP contribution is -2.35. The summed E-state index contributed by atoms with van der Waals surface area (Å²) in [5, 5.41) is 11.7. The predicted molar refractivity (Wildman–Crippen MR) is 94.4 cm³/mol. The highest BCUT2D eigenvalue weighted by atomic mass is 32.2. The van der Waals surface area contributed by atoms with Crippen LogP contribution < -0.4 is 5.32 Å². The third kappa shape index (κ3) is 5.55. The SMILES string of the molecule is CCN(CCO)CC(=O)Nc1cccc(S(=O)(=O)N(CC)CC)c1. The molecule has 0 unspecified atom stereocenters. The van der Waals surface area contributed by atoms with Crippen LogP contribution in [0, 0.1) is 0 Å². The zero-order chi connectivity index (χ0) is 18.2. The number of amides is 1. The quantitative estimate of drug-likeness (QED) is 0.651. The van der Waals surface area contributed by atoms with E-state index in [-0.39, 0.29) is 24.0 Å². The molecular weight excluding hydrogens is 330 g/mol. The van der Waals surface area contributed by atoms with Crippen LogP contribution in [0.4, 0.5) is 5.69 Å². The van der Waals surface area contributed by atoms with Crippen molar-refractivity contribution in [3.8, 4) is 0 Å². The van der Waals surface area contributed by atoms with Gasteiger partial charge in [0, 0.05) is 25.3 Å². The van der Waals surface area contributed by atoms with Gasteiger partial charge in [0.2, 0.25) is 15.9 Å². The number of aliphatic hydroxyl groups is 1. The number of likely N-dealkylation sites (N-methyl/N-ethyl adjacent to an activating group) is 1. The predicted octanol–water partition coefficient (Wildman–Crippen LogP) is 0.970. The van der Waals surface area contributed by atoms with E-state index in [2.05, 4.69) is 5.32 Å². The van der Waals surface area contributed by atoms with Crippen molar-refractivity contribution in [2.24, 2.45) is 0 Å². The average Bonchev–Trinajstić information content (AvgIpc) is 2.55. The van der Waals surface area contributed by atoms with Gasteiger partial charge in [-0.2, -0.15) is 4.31 Å². The summed E-state index contributed by atoms with van der Waals surface area (Å²) in [5.41, 5.74) is 0.438. The van der Waals surface area contributed by atoms with Gasteiger partial charge in [0.1, 0.15) is 0 Å². The molecule has 7 nitrogen and oxygen atoms in total. The van der Waals surface area contributed by atoms with Crippen LogP contribution in [-0.2, 0) is 14.8 Å². The Balaban J connectivity index is 2.87. The standard InChI is InChI=1S/C16H27N3O4S/c1-4-18(10-11-20)13-16(21)17-14-8-7-9-15(12-14)24(22,23)19(5-2)6-3/h7-9,12,20H,4-6,10-11,13H2,1-3H3,(H,17,21). The van der Waals surface area contributed by atoms with E-state index in [1.807, 2.05) is 6.92 Å². The van der Waals surface area contributed by atoms with E-state index in [9.17, 15) is 13.2 Å². The minimum absolute atomic E-state index is 0.0152. The van der Waals surface area contributed by atoms with Gasteiger partial charge in [-0.25, -0.2) is 8.42 Å². The number of carbonyl (C=O) groups is 1. The van der Waals surface area contributed by atoms with E-state index < -0.39 is 10.0 Å². The monoisotopic (exact) mass is 357 g/mol. The van der Waals surface area contributed by atoms with E-state index in [0.717, 1.165) is 0 Å². The third-order valence-corrected chi connectivity index (χ3v) is 5.74. The van der Waals surface area contributed by atoms with Gasteiger partial charge in [0.05, 0.1) is 18.0 Å². The second-order valence-corrected chi connectivity index (χ2v) is 7.20. The van der Waals surface area contributed by atoms with Crippen LogP contribution in [0.25, 0.3) is 0 Å². The number of anilines is 1. The lowest BCUT2D eigenvalue weighted by atomic mass is 10.3. The van der Waals surface area contributed by atoms with Crippen molar-refractivity contribution in [1.29, 1.82) is 0 Å². The van der Waals surface area contributed by atoms with Crippen LogP contribution in [0.15, 0.2) is 29.2 Å². The maximum absolute atomic E-state index is 12.5. The van der Waals surface area contributed by atoms with Crippen molar-refractivity contribution in [3.63, 3.8) is 0 Å². The van der Waals surface area contributed by atoms with Gasteiger partial charge in [0.25, 0.3) is 0 Å². The van der Waals surface area contributed by atoms with Gasteiger partial charge in [-0.05, 0) is 24.7 Å². The summed E-state index contributed by atoms with van der Waals surface area (Å²) >= 11 is 0. The summed E-state index contributed by atoms with van der Waals surface area (Å²) in [7, 11) is -3.56. The number of aliphatic hydroxyl groups excluding tert-OH is 1. The van der Waals surface area contributed by atoms with Gasteiger partial charge in [-0.3, -0.25) is 9.69 Å². The summed E-state index contributed by atoms with van der Waals surface area (Å²) in [6.45, 7) is 7.44. The van der Waals surface area contributed by atoms with Crippen molar-refractivity contribution >= 4 is 21.6 Å². The third-order valence-electron chi connectivity index (χ3n) is 3.69. The summed E-state index contributed by atoms with van der Waals surface area (Å²) in [4.78, 5) is 14.0. The molecule has 0 fully saturated rings. The normalized spacial score (nSPS) is 11.9. The topological polar surface area (TPSA) is 90.0 Å². The summed E-state index contributed by atoms with van der Waals surface area (Å²) in [6.07, 6.45) is 0. The number of rotatable bonds is 10. The Hall–Kier alpha value is -1.48. The Morgan fingerprint density at radius 3 is 2.38 bits per heavy atom. The first-order valence-corrected chi connectivity index (χ1v) is 9.56. The molecular formula is C16H27N3O4S. The lowest BCUT2D eigenvalue weighted by molar-refractivity contribution is -0.117. The molecule has 0 aromatic heterocycles. The van der Waals surface area contributed by atoms with E-state index in [1.165, 1.54) is 16.4 Å². The zero-order valence-corrected chi connectivity index (χ0v) is 15.3. The maximum atomic E-state index is 12.5. The lowest BCUT2D eigenvalue weighted by Gasteiger charge is -2.20. The smallest absolute Gasteiger partial charge is 0.243 e. The van der Waals surface area contributed by atoms with Gasteiger partial charge >= 0.3 is 0 Å². The van der Waals surface area contributed by atoms with Gasteiger partial charge in [0.15, 0.2) is 0 Å². The van der Waals surface area contributed by atoms with Crippen molar-refractivity contribution < 1.29 is 18.3 Å². The highest BCUT2D eigenvalue weighted by Gasteiger charge is 2.21. The van der Waals surface area contributed by atoms with Crippen molar-refractivity contribution in [2.75, 3.05) is 44.6 Å². The number of hydrogen-bond acceptors (Lipinski definition) is 5. The molecule has 0 aliphatic heterocycles. The molecule has 0 spiro atoms. The van der Waals surface area contributed by atoms with E-state index in [0.29, 0.717) is 31.9 Å². The van der Waals surface area contributed by atoms with Gasteiger partial charge < -0.3 is 10.4 Å². The minimum atomic E-state index is -3.56. The Labute approximate surface area is 144 Å². The second-order valence-electron chi connectivity index (χ2n) is 5.26. The average molecular weight is 357 g/mol. The van der Waals surface area contributed by atoms with Crippen molar-refractivity contribution in [3.05, 3.63) is 24.3 Å². The molecule has 2 N–H and O–H groups in total. The Morgan fingerprint density at radius 1 is 1.17 bits per heavy atom. The first-order chi connectivity index (χ1) is 11.4. The molecule has 0 heterocycles. The summed E-state index contributed by atoms with van der Waals surface area (Å²) in [5.74, 6) is -0.248. The largest absolute Gasteiger partial charge is 0.395 e. The molecule has 1 aromatic carbocycles. The number of nitrogens with zero attached hydrogens (tertiary/aromatic N) is 2. The van der Waals surface area contributed by atoms with Gasteiger partial charge in [-0.15, -0.1) is 0 Å². The minimum Gasteiger partial charge on any atom is -0.395 e. The number of hydrogen-bond donors (Lipinski definition) is 2. The second kappa shape index (κ2) is 9.73. The maximum Gasteiger partial charge on any atom is 0.243 e. The fourth-order valence-electron chi connectivity index (χ4n) is 2.34. The molecule has 0 aliphatic rings. The first kappa shape index (κ1) is 20.6. The van der Waals surface area contributed by atoms with Crippen LogP contribution >= 0.6 is 0 Å². The van der Waals surface area contributed by atoms with Crippen molar-refractivity contribution in [2.45, 2.75) is 25.7 Å². The summed E-state index contributed by atoms with van der Waals surface area (Å²) < 4.78 is 26.4. The van der Waals surface area contributed by atoms with Crippen LogP contribution in [0.5, 0.6) is 0 Å². The van der Waals surface area contributed by atoms with Crippen LogP contribution in [-0.4, -0.2) is 68.0 Å². The molecule has 24 heavy (non-hydrogen) atoms. The number of sulfonamides is 1. The van der Waals surface area contributed by atoms with E-state index >= 15 is 0 Å². The molecule has 0 atom stereocenters. The highest BCUT2D eigenvalue weighted by molar-refractivity contribution is 7.89. The molecule has 0 radical (unpaired) electrons. The molecule has 1 aromatic rings. The molecule has 0 saturated heterocycles. The number of nitrogens with one attached hydrogen (secondary N) is 1. The highest BCUT2D eigenvalue weighted by Crippen LogP contribution is 2.19. The molecule has 136 valence electrons. The molecule has 1 rings (SSSR count). The zero-order valence-electron chi connectivity index (χ0n) is 14.5. The molecule has 0 aliphatic carbocycles. The van der Waals surface area contributed by atoms with Crippen molar-refractivity contribution in [1.82, 2.24) is 9.21 Å². The Bertz CT molecular complexity index is 630. The number of benzene rings is 1. The summed E-state index contributed by atoms with van der Waals surface area (Å²) in [6, 6.07) is 6.25. The van der Waals surface area contributed by atoms with Crippen LogP contribution in [0.1, 0.15) is 20.8 Å². The Morgan fingerprint density at radius 2 is 1.83 bits per heavy atom. The van der Waals surface area contributed by atoms with Gasteiger partial charge in [-0.1, -0.05) is 26.8 Å². The fraction of sp³-hybridized carbons (Fsp3) is 0.562. The van der Waals surface area contributed by atoms with E-state index in [4.69, 9.17) is 5.11 Å². The Kier molecular flexibility index (Phi) is 8.34. The number of carbonyl (C=O) groups excluding carboxylic acids is 1. The van der Waals surface area contributed by atoms with E-state index in [1.54, 1.807) is 30.9 Å². The van der Waals surface area contributed by atoms with Crippen LogP contribution in [0.2, 0.25) is 0 Å². The fourth-order valence-corrected chi connectivity index (χ4v) is 3.85. The first-order valence-electron chi connectivity index (χ1n) is 8.12. The molecule has 0 saturated carbocycles.